The smallest absolute Gasteiger partial charge is 0.253 e. The molecule has 1 aromatic heterocycles. The number of nitrogens with one attached hydrogen (secondary N) is 1. The van der Waals surface area contributed by atoms with Gasteiger partial charge in [-0.05, 0) is 51.7 Å². The first kappa shape index (κ1) is 13.0. The van der Waals surface area contributed by atoms with Crippen LogP contribution >= 0.6 is 0 Å². The van der Waals surface area contributed by atoms with E-state index >= 15 is 0 Å². The van der Waals surface area contributed by atoms with Gasteiger partial charge in [0.05, 0.1) is 11.3 Å². The number of amides is 1. The molecule has 4 heteroatoms. The van der Waals surface area contributed by atoms with Crippen molar-refractivity contribution in [3.63, 3.8) is 0 Å². The molecular weight excluding hydrogens is 226 g/mol. The lowest BCUT2D eigenvalue weighted by atomic mass is 9.91. The SMILES string of the molecule is Cc1ccc(C(=O)NC2CCC(N)CC2)c(C)n1. The second kappa shape index (κ2) is 5.48. The third-order valence-corrected chi connectivity index (χ3v) is 3.58. The molecule has 1 saturated carbocycles. The summed E-state index contributed by atoms with van der Waals surface area (Å²) in [5.74, 6) is -0.0135. The van der Waals surface area contributed by atoms with Gasteiger partial charge in [-0.3, -0.25) is 9.78 Å². The number of nitrogens with two attached hydrogens (primary N) is 1. The fraction of sp³-hybridized carbons (Fsp3) is 0.571. The molecule has 0 radical (unpaired) electrons. The minimum Gasteiger partial charge on any atom is -0.349 e. The molecule has 2 rings (SSSR count). The third-order valence-electron chi connectivity index (χ3n) is 3.58. The van der Waals surface area contributed by atoms with E-state index in [0.717, 1.165) is 37.1 Å². The maximum atomic E-state index is 12.1. The monoisotopic (exact) mass is 247 g/mol. The number of aromatic nitrogens is 1. The molecule has 0 spiro atoms. The Morgan fingerprint density at radius 3 is 2.56 bits per heavy atom. The number of rotatable bonds is 2. The van der Waals surface area contributed by atoms with Gasteiger partial charge in [0.25, 0.3) is 5.91 Å². The largest absolute Gasteiger partial charge is 0.349 e. The van der Waals surface area contributed by atoms with Crippen LogP contribution in [0.5, 0.6) is 0 Å². The van der Waals surface area contributed by atoms with Gasteiger partial charge in [0.15, 0.2) is 0 Å². The van der Waals surface area contributed by atoms with Crippen molar-refractivity contribution < 1.29 is 4.79 Å². The number of pyridine rings is 1. The number of nitrogens with zero attached hydrogens (tertiary/aromatic N) is 1. The molecule has 1 aliphatic carbocycles. The fourth-order valence-electron chi connectivity index (χ4n) is 2.45. The molecule has 1 fully saturated rings. The molecule has 0 bridgehead atoms. The Kier molecular flexibility index (Phi) is 3.97. The predicted molar refractivity (Wildman–Crippen MR) is 71.4 cm³/mol. The summed E-state index contributed by atoms with van der Waals surface area (Å²) >= 11 is 0. The number of carbonyl (C=O) groups is 1. The standard InChI is InChI=1S/C14H21N3O/c1-9-3-8-13(10(2)16-9)14(18)17-12-6-4-11(15)5-7-12/h3,8,11-12H,4-7,15H2,1-2H3,(H,17,18). The molecule has 4 nitrogen and oxygen atoms in total. The quantitative estimate of drug-likeness (QED) is 0.835. The van der Waals surface area contributed by atoms with Gasteiger partial charge < -0.3 is 11.1 Å². The van der Waals surface area contributed by atoms with Crippen molar-refractivity contribution in [2.75, 3.05) is 0 Å². The Morgan fingerprint density at radius 2 is 1.94 bits per heavy atom. The number of hydrogen-bond donors (Lipinski definition) is 2. The van der Waals surface area contributed by atoms with Crippen LogP contribution in [0, 0.1) is 13.8 Å². The van der Waals surface area contributed by atoms with Crippen molar-refractivity contribution in [1.29, 1.82) is 0 Å². The summed E-state index contributed by atoms with van der Waals surface area (Å²) in [6.45, 7) is 3.80. The van der Waals surface area contributed by atoms with Crippen LogP contribution in [0.3, 0.4) is 0 Å². The minimum absolute atomic E-state index is 0.0135. The Morgan fingerprint density at radius 1 is 1.28 bits per heavy atom. The van der Waals surface area contributed by atoms with Crippen LogP contribution in [0.1, 0.15) is 47.4 Å². The molecular formula is C14H21N3O. The fourth-order valence-corrected chi connectivity index (χ4v) is 2.45. The highest BCUT2D eigenvalue weighted by molar-refractivity contribution is 5.95. The van der Waals surface area contributed by atoms with Gasteiger partial charge in [-0.1, -0.05) is 0 Å². The average molecular weight is 247 g/mol. The molecule has 1 amide bonds. The van der Waals surface area contributed by atoms with Crippen LogP contribution in [0.4, 0.5) is 0 Å². The second-order valence-corrected chi connectivity index (χ2v) is 5.17. The Balaban J connectivity index is 1.99. The van der Waals surface area contributed by atoms with Crippen molar-refractivity contribution in [3.05, 3.63) is 29.1 Å². The van der Waals surface area contributed by atoms with E-state index in [0.29, 0.717) is 11.6 Å². The summed E-state index contributed by atoms with van der Waals surface area (Å²) in [7, 11) is 0. The van der Waals surface area contributed by atoms with Crippen molar-refractivity contribution in [1.82, 2.24) is 10.3 Å². The summed E-state index contributed by atoms with van der Waals surface area (Å²) < 4.78 is 0. The third kappa shape index (κ3) is 3.07. The highest BCUT2D eigenvalue weighted by Crippen LogP contribution is 2.17. The molecule has 18 heavy (non-hydrogen) atoms. The zero-order valence-corrected chi connectivity index (χ0v) is 11.1. The maximum absolute atomic E-state index is 12.1. The zero-order valence-electron chi connectivity index (χ0n) is 11.1. The first-order valence-corrected chi connectivity index (χ1v) is 6.57. The van der Waals surface area contributed by atoms with Crippen LogP contribution in [0.15, 0.2) is 12.1 Å². The summed E-state index contributed by atoms with van der Waals surface area (Å²) in [5, 5.41) is 3.08. The van der Waals surface area contributed by atoms with E-state index in [2.05, 4.69) is 10.3 Å². The number of aryl methyl sites for hydroxylation is 2. The van der Waals surface area contributed by atoms with Gasteiger partial charge in [-0.2, -0.15) is 0 Å². The molecule has 0 aliphatic heterocycles. The Hall–Kier alpha value is -1.42. The van der Waals surface area contributed by atoms with Crippen LogP contribution in [0.25, 0.3) is 0 Å². The van der Waals surface area contributed by atoms with Crippen molar-refractivity contribution in [2.45, 2.75) is 51.6 Å². The second-order valence-electron chi connectivity index (χ2n) is 5.17. The van der Waals surface area contributed by atoms with E-state index in [4.69, 9.17) is 5.73 Å². The van der Waals surface area contributed by atoms with Crippen molar-refractivity contribution in [3.8, 4) is 0 Å². The first-order valence-electron chi connectivity index (χ1n) is 6.57. The van der Waals surface area contributed by atoms with E-state index in [1.807, 2.05) is 26.0 Å². The van der Waals surface area contributed by atoms with E-state index in [1.165, 1.54) is 0 Å². The molecule has 0 saturated heterocycles. The maximum Gasteiger partial charge on any atom is 0.253 e. The van der Waals surface area contributed by atoms with Gasteiger partial charge >= 0.3 is 0 Å². The molecule has 1 heterocycles. The lowest BCUT2D eigenvalue weighted by Crippen LogP contribution is -2.40. The molecule has 0 atom stereocenters. The van der Waals surface area contributed by atoms with E-state index in [9.17, 15) is 4.79 Å². The molecule has 98 valence electrons. The Labute approximate surface area is 108 Å². The van der Waals surface area contributed by atoms with Gasteiger partial charge in [0.2, 0.25) is 0 Å². The minimum atomic E-state index is -0.0135. The van der Waals surface area contributed by atoms with Crippen molar-refractivity contribution >= 4 is 5.91 Å². The summed E-state index contributed by atoms with van der Waals surface area (Å²) in [5.41, 5.74) is 8.26. The number of hydrogen-bond acceptors (Lipinski definition) is 3. The van der Waals surface area contributed by atoms with Crippen LogP contribution in [-0.2, 0) is 0 Å². The van der Waals surface area contributed by atoms with Gasteiger partial charge in [0, 0.05) is 17.8 Å². The lowest BCUT2D eigenvalue weighted by molar-refractivity contribution is 0.0925. The summed E-state index contributed by atoms with van der Waals surface area (Å²) in [6, 6.07) is 4.29. The van der Waals surface area contributed by atoms with E-state index < -0.39 is 0 Å². The van der Waals surface area contributed by atoms with Gasteiger partial charge in [-0.25, -0.2) is 0 Å². The summed E-state index contributed by atoms with van der Waals surface area (Å²) in [6.07, 6.45) is 3.95. The van der Waals surface area contributed by atoms with Crippen LogP contribution < -0.4 is 11.1 Å². The predicted octanol–water partition coefficient (Wildman–Crippen LogP) is 1.70. The van der Waals surface area contributed by atoms with Gasteiger partial charge in [-0.15, -0.1) is 0 Å². The highest BCUT2D eigenvalue weighted by atomic mass is 16.1. The molecule has 3 N–H and O–H groups in total. The van der Waals surface area contributed by atoms with Crippen molar-refractivity contribution in [2.24, 2.45) is 5.73 Å². The topological polar surface area (TPSA) is 68.0 Å². The van der Waals surface area contributed by atoms with Gasteiger partial charge in [0.1, 0.15) is 0 Å². The van der Waals surface area contributed by atoms with E-state index in [-0.39, 0.29) is 11.9 Å². The molecule has 1 aliphatic rings. The lowest BCUT2D eigenvalue weighted by Gasteiger charge is -2.26. The number of carbonyl (C=O) groups excluding carboxylic acids is 1. The molecule has 0 unspecified atom stereocenters. The first-order chi connectivity index (χ1) is 8.56. The average Bonchev–Trinajstić information content (AvgIpc) is 2.32. The Bertz CT molecular complexity index is 437. The van der Waals surface area contributed by atoms with Crippen LogP contribution in [-0.4, -0.2) is 23.0 Å². The van der Waals surface area contributed by atoms with Crippen LogP contribution in [0.2, 0.25) is 0 Å². The normalized spacial score (nSPS) is 23.7. The van der Waals surface area contributed by atoms with E-state index in [1.54, 1.807) is 0 Å². The summed E-state index contributed by atoms with van der Waals surface area (Å²) in [4.78, 5) is 16.5. The zero-order chi connectivity index (χ0) is 13.1. The molecule has 0 aromatic carbocycles. The molecule has 1 aromatic rings. The highest BCUT2D eigenvalue weighted by Gasteiger charge is 2.21.